The van der Waals surface area contributed by atoms with Crippen molar-refractivity contribution in [1.82, 2.24) is 4.98 Å². The van der Waals surface area contributed by atoms with Gasteiger partial charge in [-0.05, 0) is 37.3 Å². The van der Waals surface area contributed by atoms with Gasteiger partial charge in [-0.3, -0.25) is 0 Å². The zero-order chi connectivity index (χ0) is 9.80. The quantitative estimate of drug-likeness (QED) is 0.775. The van der Waals surface area contributed by atoms with E-state index in [1.165, 1.54) is 25.0 Å². The van der Waals surface area contributed by atoms with E-state index in [0.29, 0.717) is 6.04 Å². The molecule has 0 aromatic carbocycles. The maximum atomic E-state index is 5.87. The zero-order valence-corrected chi connectivity index (χ0v) is 9.04. The van der Waals surface area contributed by atoms with E-state index in [9.17, 15) is 0 Å². The molecule has 2 atom stereocenters. The molecule has 0 amide bonds. The van der Waals surface area contributed by atoms with Crippen LogP contribution in [-0.4, -0.2) is 16.8 Å². The zero-order valence-electron chi connectivity index (χ0n) is 8.23. The minimum atomic E-state index is 0.448. The molecule has 0 saturated heterocycles. The van der Waals surface area contributed by atoms with Crippen molar-refractivity contribution in [2.45, 2.75) is 30.3 Å². The van der Waals surface area contributed by atoms with Gasteiger partial charge in [0.2, 0.25) is 0 Å². The summed E-state index contributed by atoms with van der Waals surface area (Å²) in [4.78, 5) is 4.29. The van der Waals surface area contributed by atoms with Gasteiger partial charge in [0.15, 0.2) is 0 Å². The Hall–Kier alpha value is -0.540. The van der Waals surface area contributed by atoms with Gasteiger partial charge in [0.05, 0.1) is 5.03 Å². The van der Waals surface area contributed by atoms with Gasteiger partial charge >= 0.3 is 0 Å². The summed E-state index contributed by atoms with van der Waals surface area (Å²) in [6, 6.07) is 6.51. The fourth-order valence-electron chi connectivity index (χ4n) is 1.90. The second-order valence-corrected chi connectivity index (χ2v) is 4.96. The number of pyridine rings is 1. The highest BCUT2D eigenvalue weighted by Gasteiger charge is 2.21. The monoisotopic (exact) mass is 208 g/mol. The molecule has 2 nitrogen and oxygen atoms in total. The van der Waals surface area contributed by atoms with E-state index in [0.717, 1.165) is 10.9 Å². The van der Waals surface area contributed by atoms with Gasteiger partial charge in [-0.15, -0.1) is 11.8 Å². The van der Waals surface area contributed by atoms with Crippen LogP contribution in [0.3, 0.4) is 0 Å². The molecule has 1 saturated carbocycles. The lowest BCUT2D eigenvalue weighted by Crippen LogP contribution is -2.15. The lowest BCUT2D eigenvalue weighted by molar-refractivity contribution is 0.603. The molecule has 3 heteroatoms. The maximum absolute atomic E-state index is 5.87. The van der Waals surface area contributed by atoms with Crippen LogP contribution in [-0.2, 0) is 0 Å². The first kappa shape index (κ1) is 9.99. The maximum Gasteiger partial charge on any atom is 0.0959 e. The summed E-state index contributed by atoms with van der Waals surface area (Å²) in [6.45, 7) is 0. The molecule has 0 spiro atoms. The molecular weight excluding hydrogens is 192 g/mol. The predicted octanol–water partition coefficient (Wildman–Crippen LogP) is 2.30. The Balaban J connectivity index is 1.78. The fraction of sp³-hybridized carbons (Fsp3) is 0.545. The van der Waals surface area contributed by atoms with Crippen LogP contribution in [0.2, 0.25) is 0 Å². The van der Waals surface area contributed by atoms with Crippen molar-refractivity contribution in [2.75, 3.05) is 5.75 Å². The molecule has 2 N–H and O–H groups in total. The van der Waals surface area contributed by atoms with Crippen molar-refractivity contribution in [1.29, 1.82) is 0 Å². The van der Waals surface area contributed by atoms with Crippen molar-refractivity contribution in [2.24, 2.45) is 11.7 Å². The lowest BCUT2D eigenvalue weighted by atomic mass is 10.1. The third-order valence-electron chi connectivity index (χ3n) is 2.69. The van der Waals surface area contributed by atoms with Crippen LogP contribution < -0.4 is 5.73 Å². The number of nitrogens with zero attached hydrogens (tertiary/aromatic N) is 1. The first-order chi connectivity index (χ1) is 6.84. The van der Waals surface area contributed by atoms with E-state index in [4.69, 9.17) is 5.73 Å². The molecule has 0 bridgehead atoms. The Bertz CT molecular complexity index is 276. The summed E-state index contributed by atoms with van der Waals surface area (Å²) in [7, 11) is 0. The first-order valence-electron chi connectivity index (χ1n) is 5.14. The number of hydrogen-bond acceptors (Lipinski definition) is 3. The molecule has 1 heterocycles. The molecule has 76 valence electrons. The highest BCUT2D eigenvalue weighted by atomic mass is 32.2. The smallest absolute Gasteiger partial charge is 0.0959 e. The SMILES string of the molecule is NC1CCC(CSc2ccccn2)C1. The Labute approximate surface area is 89.3 Å². The van der Waals surface area contributed by atoms with Gasteiger partial charge < -0.3 is 5.73 Å². The van der Waals surface area contributed by atoms with Gasteiger partial charge in [0, 0.05) is 18.0 Å². The van der Waals surface area contributed by atoms with Gasteiger partial charge in [-0.1, -0.05) is 6.07 Å². The second-order valence-electron chi connectivity index (χ2n) is 3.92. The standard InChI is InChI=1S/C11H16N2S/c12-10-5-4-9(7-10)8-14-11-3-1-2-6-13-11/h1-3,6,9-10H,4-5,7-8,12H2. The van der Waals surface area contributed by atoms with E-state index < -0.39 is 0 Å². The molecule has 1 aliphatic rings. The van der Waals surface area contributed by atoms with Gasteiger partial charge in [-0.2, -0.15) is 0 Å². The Morgan fingerprint density at radius 2 is 2.36 bits per heavy atom. The molecular formula is C11H16N2S. The molecule has 0 aliphatic heterocycles. The van der Waals surface area contributed by atoms with E-state index in [1.54, 1.807) is 0 Å². The summed E-state index contributed by atoms with van der Waals surface area (Å²) < 4.78 is 0. The summed E-state index contributed by atoms with van der Waals surface area (Å²) in [5.41, 5.74) is 5.87. The van der Waals surface area contributed by atoms with Crippen LogP contribution in [0.15, 0.2) is 29.4 Å². The Morgan fingerprint density at radius 3 is 3.00 bits per heavy atom. The molecule has 2 rings (SSSR count). The number of nitrogens with two attached hydrogens (primary N) is 1. The highest BCUT2D eigenvalue weighted by Crippen LogP contribution is 2.29. The summed E-state index contributed by atoms with van der Waals surface area (Å²) in [5.74, 6) is 1.97. The van der Waals surface area contributed by atoms with Crippen molar-refractivity contribution in [3.8, 4) is 0 Å². The Kier molecular flexibility index (Phi) is 3.43. The topological polar surface area (TPSA) is 38.9 Å². The molecule has 1 aliphatic carbocycles. The van der Waals surface area contributed by atoms with Gasteiger partial charge in [0.1, 0.15) is 0 Å². The average molecular weight is 208 g/mol. The number of rotatable bonds is 3. The van der Waals surface area contributed by atoms with Crippen molar-refractivity contribution >= 4 is 11.8 Å². The second kappa shape index (κ2) is 4.80. The molecule has 14 heavy (non-hydrogen) atoms. The lowest BCUT2D eigenvalue weighted by Gasteiger charge is -2.07. The molecule has 1 aromatic heterocycles. The predicted molar refractivity (Wildman–Crippen MR) is 60.3 cm³/mol. The average Bonchev–Trinajstić information content (AvgIpc) is 2.63. The van der Waals surface area contributed by atoms with Crippen molar-refractivity contribution in [3.05, 3.63) is 24.4 Å². The normalized spacial score (nSPS) is 26.6. The third kappa shape index (κ3) is 2.72. The highest BCUT2D eigenvalue weighted by molar-refractivity contribution is 7.99. The number of aromatic nitrogens is 1. The van der Waals surface area contributed by atoms with Crippen LogP contribution in [0, 0.1) is 5.92 Å². The molecule has 1 aromatic rings. The largest absolute Gasteiger partial charge is 0.328 e. The number of hydrogen-bond donors (Lipinski definition) is 1. The van der Waals surface area contributed by atoms with Gasteiger partial charge in [0.25, 0.3) is 0 Å². The van der Waals surface area contributed by atoms with Crippen molar-refractivity contribution in [3.63, 3.8) is 0 Å². The van der Waals surface area contributed by atoms with Crippen LogP contribution in [0.4, 0.5) is 0 Å². The van der Waals surface area contributed by atoms with E-state index in [-0.39, 0.29) is 0 Å². The van der Waals surface area contributed by atoms with E-state index >= 15 is 0 Å². The summed E-state index contributed by atoms with van der Waals surface area (Å²) in [5, 5.41) is 1.13. The van der Waals surface area contributed by atoms with Crippen LogP contribution in [0.5, 0.6) is 0 Å². The Morgan fingerprint density at radius 1 is 1.43 bits per heavy atom. The van der Waals surface area contributed by atoms with Crippen LogP contribution in [0.25, 0.3) is 0 Å². The minimum absolute atomic E-state index is 0.448. The summed E-state index contributed by atoms with van der Waals surface area (Å²) in [6.07, 6.45) is 5.54. The molecule has 0 radical (unpaired) electrons. The van der Waals surface area contributed by atoms with Crippen molar-refractivity contribution < 1.29 is 0 Å². The molecule has 2 unspecified atom stereocenters. The van der Waals surface area contributed by atoms with Crippen LogP contribution in [0.1, 0.15) is 19.3 Å². The fourth-order valence-corrected chi connectivity index (χ4v) is 2.92. The van der Waals surface area contributed by atoms with E-state index in [2.05, 4.69) is 11.1 Å². The number of thioether (sulfide) groups is 1. The molecule has 1 fully saturated rings. The van der Waals surface area contributed by atoms with Crippen LogP contribution >= 0.6 is 11.8 Å². The summed E-state index contributed by atoms with van der Waals surface area (Å²) >= 11 is 1.85. The first-order valence-corrected chi connectivity index (χ1v) is 6.12. The van der Waals surface area contributed by atoms with Gasteiger partial charge in [-0.25, -0.2) is 4.98 Å². The van der Waals surface area contributed by atoms with E-state index in [1.807, 2.05) is 30.1 Å². The third-order valence-corrected chi connectivity index (χ3v) is 3.86. The minimum Gasteiger partial charge on any atom is -0.328 e.